The maximum absolute atomic E-state index is 12.8. The lowest BCUT2D eigenvalue weighted by Gasteiger charge is -2.19. The summed E-state index contributed by atoms with van der Waals surface area (Å²) >= 11 is 0. The molecule has 1 aliphatic heterocycles. The number of fused-ring (bicyclic) bond motifs is 1. The summed E-state index contributed by atoms with van der Waals surface area (Å²) in [5.74, 6) is -2.72. The number of esters is 2. The van der Waals surface area contributed by atoms with Crippen LogP contribution in [0.15, 0.2) is 84.9 Å². The number of rotatable bonds is 8. The Morgan fingerprint density at radius 1 is 0.727 bits per heavy atom. The monoisotopic (exact) mass is 443 g/mol. The molecule has 1 aliphatic rings. The first-order chi connectivity index (χ1) is 16.0. The quantitative estimate of drug-likeness (QED) is 0.392. The second kappa shape index (κ2) is 9.91. The second-order valence-corrected chi connectivity index (χ2v) is 7.50. The molecule has 0 aromatic heterocycles. The summed E-state index contributed by atoms with van der Waals surface area (Å²) in [5.41, 5.74) is 2.03. The van der Waals surface area contributed by atoms with Crippen LogP contribution in [0.5, 0.6) is 0 Å². The number of hydrogen-bond donors (Lipinski definition) is 0. The van der Waals surface area contributed by atoms with Gasteiger partial charge in [0.2, 0.25) is 6.10 Å². The molecule has 7 heteroatoms. The van der Waals surface area contributed by atoms with Crippen molar-refractivity contribution in [1.29, 1.82) is 0 Å². The molecule has 1 heterocycles. The second-order valence-electron chi connectivity index (χ2n) is 7.50. The van der Waals surface area contributed by atoms with Gasteiger partial charge in [0.05, 0.1) is 11.1 Å². The van der Waals surface area contributed by atoms with Gasteiger partial charge in [0.15, 0.2) is 0 Å². The third kappa shape index (κ3) is 5.15. The highest BCUT2D eigenvalue weighted by molar-refractivity contribution is 6.22. The van der Waals surface area contributed by atoms with Crippen molar-refractivity contribution in [2.45, 2.75) is 19.1 Å². The van der Waals surface area contributed by atoms with Crippen LogP contribution in [0.3, 0.4) is 0 Å². The molecule has 3 aromatic carbocycles. The van der Waals surface area contributed by atoms with Crippen molar-refractivity contribution in [3.63, 3.8) is 0 Å². The van der Waals surface area contributed by atoms with Crippen LogP contribution in [-0.2, 0) is 32.1 Å². The van der Waals surface area contributed by atoms with Gasteiger partial charge in [-0.2, -0.15) is 0 Å². The predicted octanol–water partition coefficient (Wildman–Crippen LogP) is 3.18. The van der Waals surface area contributed by atoms with Gasteiger partial charge in [-0.25, -0.2) is 4.79 Å². The standard InChI is InChI=1S/C26H21NO6/c28-23(16-27-24(29)20-13-7-8-14-21(20)25(27)30)33-22(15-18-9-3-1-4-10-18)26(31)32-17-19-11-5-2-6-12-19/h1-14,22H,15-17H2/t22-/m0/s1. The zero-order valence-corrected chi connectivity index (χ0v) is 17.7. The van der Waals surface area contributed by atoms with Gasteiger partial charge in [0, 0.05) is 6.42 Å². The number of hydrogen-bond acceptors (Lipinski definition) is 6. The number of nitrogens with zero attached hydrogens (tertiary/aromatic N) is 1. The summed E-state index contributed by atoms with van der Waals surface area (Å²) in [4.78, 5) is 51.3. The number of imide groups is 1. The smallest absolute Gasteiger partial charge is 0.348 e. The first-order valence-corrected chi connectivity index (χ1v) is 10.4. The molecule has 0 radical (unpaired) electrons. The van der Waals surface area contributed by atoms with E-state index < -0.39 is 36.4 Å². The molecule has 0 N–H and O–H groups in total. The van der Waals surface area contributed by atoms with E-state index >= 15 is 0 Å². The SMILES string of the molecule is O=C(CN1C(=O)c2ccccc2C1=O)O[C@@H](Cc1ccccc1)C(=O)OCc1ccccc1. The Bertz CT molecular complexity index is 1140. The number of carbonyl (C=O) groups excluding carboxylic acids is 4. The largest absolute Gasteiger partial charge is 0.458 e. The van der Waals surface area contributed by atoms with Gasteiger partial charge in [-0.05, 0) is 23.3 Å². The summed E-state index contributed by atoms with van der Waals surface area (Å²) in [6.07, 6.45) is -1.12. The van der Waals surface area contributed by atoms with Gasteiger partial charge < -0.3 is 9.47 Å². The van der Waals surface area contributed by atoms with Crippen LogP contribution in [0.4, 0.5) is 0 Å². The maximum Gasteiger partial charge on any atom is 0.348 e. The molecule has 0 saturated carbocycles. The fourth-order valence-electron chi connectivity index (χ4n) is 3.53. The molecular weight excluding hydrogens is 422 g/mol. The maximum atomic E-state index is 12.8. The van der Waals surface area contributed by atoms with Crippen LogP contribution < -0.4 is 0 Å². The first kappa shape index (κ1) is 22.0. The summed E-state index contributed by atoms with van der Waals surface area (Å²) < 4.78 is 10.8. The lowest BCUT2D eigenvalue weighted by Crippen LogP contribution is -2.39. The van der Waals surface area contributed by atoms with E-state index in [1.807, 2.05) is 48.5 Å². The van der Waals surface area contributed by atoms with Crippen LogP contribution in [0.1, 0.15) is 31.8 Å². The van der Waals surface area contributed by atoms with Crippen LogP contribution in [0.2, 0.25) is 0 Å². The summed E-state index contributed by atoms with van der Waals surface area (Å²) in [7, 11) is 0. The van der Waals surface area contributed by atoms with E-state index in [2.05, 4.69) is 0 Å². The fourth-order valence-corrected chi connectivity index (χ4v) is 3.53. The minimum atomic E-state index is -1.22. The molecule has 33 heavy (non-hydrogen) atoms. The van der Waals surface area contributed by atoms with Crippen LogP contribution in [-0.4, -0.2) is 41.3 Å². The van der Waals surface area contributed by atoms with E-state index in [4.69, 9.17) is 9.47 Å². The lowest BCUT2D eigenvalue weighted by atomic mass is 10.1. The molecule has 7 nitrogen and oxygen atoms in total. The Labute approximate surface area is 190 Å². The molecule has 0 saturated heterocycles. The summed E-state index contributed by atoms with van der Waals surface area (Å²) in [5, 5.41) is 0. The van der Waals surface area contributed by atoms with E-state index in [0.717, 1.165) is 16.0 Å². The molecule has 0 aliphatic carbocycles. The van der Waals surface area contributed by atoms with Crippen molar-refractivity contribution in [2.24, 2.45) is 0 Å². The van der Waals surface area contributed by atoms with Crippen molar-refractivity contribution in [3.05, 3.63) is 107 Å². The van der Waals surface area contributed by atoms with E-state index in [9.17, 15) is 19.2 Å². The van der Waals surface area contributed by atoms with E-state index in [0.29, 0.717) is 0 Å². The average molecular weight is 443 g/mol. The molecule has 2 amide bonds. The van der Waals surface area contributed by atoms with Gasteiger partial charge in [0.1, 0.15) is 13.2 Å². The summed E-state index contributed by atoms with van der Waals surface area (Å²) in [6, 6.07) is 24.5. The number of amides is 2. The molecule has 3 aromatic rings. The number of benzene rings is 3. The third-order valence-electron chi connectivity index (χ3n) is 5.19. The van der Waals surface area contributed by atoms with Gasteiger partial charge in [-0.3, -0.25) is 19.3 Å². The van der Waals surface area contributed by atoms with Crippen molar-refractivity contribution >= 4 is 23.8 Å². The van der Waals surface area contributed by atoms with Crippen LogP contribution in [0, 0.1) is 0 Å². The van der Waals surface area contributed by atoms with Gasteiger partial charge in [0.25, 0.3) is 11.8 Å². The highest BCUT2D eigenvalue weighted by atomic mass is 16.6. The van der Waals surface area contributed by atoms with Gasteiger partial charge >= 0.3 is 11.9 Å². The highest BCUT2D eigenvalue weighted by Gasteiger charge is 2.37. The van der Waals surface area contributed by atoms with Crippen LogP contribution in [0.25, 0.3) is 0 Å². The molecule has 0 fully saturated rings. The molecular formula is C26H21NO6. The first-order valence-electron chi connectivity index (χ1n) is 10.4. The number of ether oxygens (including phenoxy) is 2. The van der Waals surface area contributed by atoms with Gasteiger partial charge in [-0.15, -0.1) is 0 Å². The topological polar surface area (TPSA) is 90.0 Å². The Kier molecular flexibility index (Phi) is 6.59. The third-order valence-corrected chi connectivity index (χ3v) is 5.19. The highest BCUT2D eigenvalue weighted by Crippen LogP contribution is 2.22. The Balaban J connectivity index is 1.44. The lowest BCUT2D eigenvalue weighted by molar-refractivity contribution is -0.168. The molecule has 0 unspecified atom stereocenters. The predicted molar refractivity (Wildman–Crippen MR) is 118 cm³/mol. The van der Waals surface area contributed by atoms with Crippen LogP contribution >= 0.6 is 0 Å². The normalized spacial score (nSPS) is 13.4. The van der Waals surface area contributed by atoms with E-state index in [-0.39, 0.29) is 24.2 Å². The molecule has 166 valence electrons. The van der Waals surface area contributed by atoms with Crippen molar-refractivity contribution < 1.29 is 28.7 Å². The minimum absolute atomic E-state index is 0.0287. The Morgan fingerprint density at radius 3 is 1.82 bits per heavy atom. The molecule has 0 spiro atoms. The Morgan fingerprint density at radius 2 is 1.24 bits per heavy atom. The molecule has 0 bridgehead atoms. The van der Waals surface area contributed by atoms with Crippen molar-refractivity contribution in [3.8, 4) is 0 Å². The Hall–Kier alpha value is -4.26. The van der Waals surface area contributed by atoms with Crippen molar-refractivity contribution in [2.75, 3.05) is 6.54 Å². The average Bonchev–Trinajstić information content (AvgIpc) is 3.08. The number of carbonyl (C=O) groups is 4. The van der Waals surface area contributed by atoms with E-state index in [1.165, 1.54) is 12.1 Å². The zero-order valence-electron chi connectivity index (χ0n) is 17.7. The summed E-state index contributed by atoms with van der Waals surface area (Å²) in [6.45, 7) is -0.565. The van der Waals surface area contributed by atoms with Crippen molar-refractivity contribution in [1.82, 2.24) is 4.90 Å². The minimum Gasteiger partial charge on any atom is -0.458 e. The van der Waals surface area contributed by atoms with Gasteiger partial charge in [-0.1, -0.05) is 72.8 Å². The molecule has 4 rings (SSSR count). The zero-order chi connectivity index (χ0) is 23.2. The van der Waals surface area contributed by atoms with E-state index in [1.54, 1.807) is 24.3 Å². The molecule has 1 atom stereocenters. The fraction of sp³-hybridized carbons (Fsp3) is 0.154.